The molecule has 1 aromatic rings. The van der Waals surface area contributed by atoms with E-state index < -0.39 is 8.32 Å². The van der Waals surface area contributed by atoms with Gasteiger partial charge >= 0.3 is 18.9 Å². The number of hydrogen-bond acceptors (Lipinski definition) is 2. The summed E-state index contributed by atoms with van der Waals surface area (Å²) in [6.07, 6.45) is 1.56. The largest absolute Gasteiger partial charge is 1.00 e. The topological polar surface area (TPSA) is 22.4 Å². The van der Waals surface area contributed by atoms with Crippen molar-refractivity contribution in [2.24, 2.45) is 0 Å². The normalized spacial score (nSPS) is 12.3. The molecule has 0 fully saturated rings. The van der Waals surface area contributed by atoms with Crippen molar-refractivity contribution < 1.29 is 27.7 Å². The van der Waals surface area contributed by atoms with Crippen molar-refractivity contribution >= 4 is 8.32 Å². The molecule has 0 unspecified atom stereocenters. The van der Waals surface area contributed by atoms with Crippen LogP contribution in [0.15, 0.2) is 16.7 Å². The molecule has 1 rings (SSSR count). The molecule has 0 radical (unpaired) electrons. The van der Waals surface area contributed by atoms with Crippen LogP contribution in [-0.2, 0) is 11.0 Å². The van der Waals surface area contributed by atoms with Gasteiger partial charge in [0.25, 0.3) is 0 Å². The monoisotopic (exact) mass is 218 g/mol. The van der Waals surface area contributed by atoms with Crippen LogP contribution in [0.2, 0.25) is 18.1 Å². The van der Waals surface area contributed by atoms with Crippen molar-refractivity contribution in [1.29, 1.82) is 0 Å². The van der Waals surface area contributed by atoms with E-state index in [0.29, 0.717) is 6.61 Å². The molecule has 4 heteroatoms. The molecular weight excluding hydrogens is 199 g/mol. The van der Waals surface area contributed by atoms with Crippen LogP contribution in [0.3, 0.4) is 0 Å². The fourth-order valence-electron chi connectivity index (χ4n) is 0.814. The Morgan fingerprint density at radius 1 is 1.40 bits per heavy atom. The summed E-state index contributed by atoms with van der Waals surface area (Å²) in [6, 6.07) is 4.70. The van der Waals surface area contributed by atoms with E-state index in [0.717, 1.165) is 5.76 Å². The van der Waals surface area contributed by atoms with Gasteiger partial charge in [0.05, 0.1) is 0 Å². The summed E-state index contributed by atoms with van der Waals surface area (Å²) in [6.45, 7) is 11.7. The van der Waals surface area contributed by atoms with Crippen molar-refractivity contribution in [3.8, 4) is 0 Å². The van der Waals surface area contributed by atoms with Crippen LogP contribution >= 0.6 is 0 Å². The molecule has 80 valence electrons. The van der Waals surface area contributed by atoms with Crippen molar-refractivity contribution in [2.75, 3.05) is 0 Å². The third-order valence-corrected chi connectivity index (χ3v) is 7.38. The van der Waals surface area contributed by atoms with Gasteiger partial charge in [0, 0.05) is 6.61 Å². The zero-order valence-corrected chi connectivity index (χ0v) is 11.7. The van der Waals surface area contributed by atoms with E-state index in [1.54, 1.807) is 6.26 Å². The molecule has 0 bridgehead atoms. The fraction of sp³-hybridized carbons (Fsp3) is 0.636. The van der Waals surface area contributed by atoms with Crippen LogP contribution in [0.5, 0.6) is 0 Å². The van der Waals surface area contributed by atoms with Gasteiger partial charge in [-0.1, -0.05) is 20.8 Å². The standard InChI is InChI=1S/C11H19O2Si.Li/c1-11(2,3)14(4,5)13-9-10-7-6-8-12-10;/h7-8H,9H2,1-5H3;/q-1;+1. The van der Waals surface area contributed by atoms with Crippen LogP contribution in [0, 0.1) is 6.07 Å². The number of rotatable bonds is 3. The van der Waals surface area contributed by atoms with Crippen molar-refractivity contribution in [3.05, 3.63) is 24.2 Å². The van der Waals surface area contributed by atoms with Crippen LogP contribution in [0.25, 0.3) is 0 Å². The van der Waals surface area contributed by atoms with Crippen LogP contribution in [0.1, 0.15) is 26.5 Å². The van der Waals surface area contributed by atoms with Gasteiger partial charge in [-0.15, -0.1) is 0 Å². The minimum atomic E-state index is -1.63. The van der Waals surface area contributed by atoms with E-state index in [1.807, 2.05) is 6.07 Å². The maximum Gasteiger partial charge on any atom is 1.00 e. The Bertz CT molecular complexity index is 275. The van der Waals surface area contributed by atoms with Gasteiger partial charge in [-0.25, -0.2) is 6.07 Å². The summed E-state index contributed by atoms with van der Waals surface area (Å²) in [7, 11) is -1.63. The Morgan fingerprint density at radius 2 is 2.00 bits per heavy atom. The Balaban J connectivity index is 0.00000196. The zero-order chi connectivity index (χ0) is 10.8. The van der Waals surface area contributed by atoms with Crippen molar-refractivity contribution in [3.63, 3.8) is 0 Å². The van der Waals surface area contributed by atoms with Gasteiger partial charge in [0.1, 0.15) is 0 Å². The Hall–Kier alpha value is 0.0543. The predicted molar refractivity (Wildman–Crippen MR) is 59.5 cm³/mol. The van der Waals surface area contributed by atoms with Gasteiger partial charge < -0.3 is 8.84 Å². The van der Waals surface area contributed by atoms with E-state index in [1.165, 1.54) is 0 Å². The van der Waals surface area contributed by atoms with E-state index in [4.69, 9.17) is 8.84 Å². The summed E-state index contributed by atoms with van der Waals surface area (Å²) in [5.41, 5.74) is 0. The second kappa shape index (κ2) is 5.40. The average Bonchev–Trinajstić information content (AvgIpc) is 2.50. The molecule has 1 aromatic heterocycles. The van der Waals surface area contributed by atoms with Gasteiger partial charge in [0.2, 0.25) is 0 Å². The summed E-state index contributed by atoms with van der Waals surface area (Å²) in [4.78, 5) is 0. The van der Waals surface area contributed by atoms with Gasteiger partial charge in [-0.05, 0) is 30.2 Å². The smallest absolute Gasteiger partial charge is 0.571 e. The van der Waals surface area contributed by atoms with E-state index >= 15 is 0 Å². The molecule has 0 spiro atoms. The van der Waals surface area contributed by atoms with E-state index in [9.17, 15) is 0 Å². The van der Waals surface area contributed by atoms with Gasteiger partial charge in [-0.2, -0.15) is 6.07 Å². The first-order valence-electron chi connectivity index (χ1n) is 4.90. The molecule has 0 amide bonds. The van der Waals surface area contributed by atoms with Crippen LogP contribution in [-0.4, -0.2) is 8.32 Å². The molecule has 15 heavy (non-hydrogen) atoms. The second-order valence-electron chi connectivity index (χ2n) is 5.06. The third kappa shape index (κ3) is 4.20. The maximum atomic E-state index is 5.96. The van der Waals surface area contributed by atoms with Crippen molar-refractivity contribution in [2.45, 2.75) is 45.5 Å². The SMILES string of the molecule is CC(C)(C)[Si](C)(C)OCc1c[c-]co1.[Li+]. The van der Waals surface area contributed by atoms with Gasteiger partial charge in [0.15, 0.2) is 8.32 Å². The Morgan fingerprint density at radius 3 is 2.40 bits per heavy atom. The molecule has 0 aliphatic rings. The quantitative estimate of drug-likeness (QED) is 0.548. The number of hydrogen-bond donors (Lipinski definition) is 0. The maximum absolute atomic E-state index is 5.96. The van der Waals surface area contributed by atoms with Crippen LogP contribution in [0.4, 0.5) is 0 Å². The van der Waals surface area contributed by atoms with Crippen LogP contribution < -0.4 is 18.9 Å². The Kier molecular flexibility index (Phi) is 5.42. The summed E-state index contributed by atoms with van der Waals surface area (Å²) in [5, 5.41) is 0.253. The first-order valence-corrected chi connectivity index (χ1v) is 7.81. The first kappa shape index (κ1) is 15.1. The summed E-state index contributed by atoms with van der Waals surface area (Å²) >= 11 is 0. The molecule has 0 N–H and O–H groups in total. The minimum absolute atomic E-state index is 0. The second-order valence-corrected chi connectivity index (χ2v) is 9.87. The summed E-state index contributed by atoms with van der Waals surface area (Å²) in [5.74, 6) is 0.856. The third-order valence-electron chi connectivity index (χ3n) is 2.90. The molecule has 0 aliphatic carbocycles. The predicted octanol–water partition coefficient (Wildman–Crippen LogP) is 0.606. The van der Waals surface area contributed by atoms with E-state index in [2.05, 4.69) is 39.9 Å². The van der Waals surface area contributed by atoms with Gasteiger partial charge in [-0.3, -0.25) is 0 Å². The Labute approximate surface area is 106 Å². The van der Waals surface area contributed by atoms with Crippen molar-refractivity contribution in [1.82, 2.24) is 0 Å². The molecule has 0 atom stereocenters. The first-order chi connectivity index (χ1) is 6.33. The fourth-order valence-corrected chi connectivity index (χ4v) is 1.75. The molecule has 0 aromatic carbocycles. The number of furan rings is 1. The van der Waals surface area contributed by atoms with E-state index in [-0.39, 0.29) is 23.9 Å². The molecule has 0 saturated heterocycles. The minimum Gasteiger partial charge on any atom is -0.571 e. The molecule has 0 saturated carbocycles. The zero-order valence-electron chi connectivity index (χ0n) is 10.7. The summed E-state index contributed by atoms with van der Waals surface area (Å²) < 4.78 is 11.1. The average molecular weight is 218 g/mol. The molecular formula is C11H19LiO2Si. The molecule has 1 heterocycles. The molecule has 2 nitrogen and oxygen atoms in total. The molecule has 0 aliphatic heterocycles.